The summed E-state index contributed by atoms with van der Waals surface area (Å²) in [4.78, 5) is 2.82. The zero-order valence-corrected chi connectivity index (χ0v) is 10.6. The lowest BCUT2D eigenvalue weighted by Gasteiger charge is -2.41. The van der Waals surface area contributed by atoms with Crippen LogP contribution in [-0.2, 0) is 0 Å². The van der Waals surface area contributed by atoms with E-state index < -0.39 is 0 Å². The minimum absolute atomic E-state index is 0.756. The molecule has 0 amide bonds. The Balaban J connectivity index is 1.54. The third-order valence-corrected chi connectivity index (χ3v) is 4.88. The highest BCUT2D eigenvalue weighted by atomic mass is 15.2. The lowest BCUT2D eigenvalue weighted by molar-refractivity contribution is 0.0742. The van der Waals surface area contributed by atoms with Crippen LogP contribution in [0.3, 0.4) is 0 Å². The maximum absolute atomic E-state index is 3.69. The minimum Gasteiger partial charge on any atom is -0.312 e. The van der Waals surface area contributed by atoms with Gasteiger partial charge in [0.1, 0.15) is 0 Å². The van der Waals surface area contributed by atoms with E-state index in [9.17, 15) is 0 Å². The summed E-state index contributed by atoms with van der Waals surface area (Å²) in [6.07, 6.45) is 10.2. The van der Waals surface area contributed by atoms with E-state index in [2.05, 4.69) is 17.1 Å². The smallest absolute Gasteiger partial charge is 0.0195 e. The molecule has 1 aliphatic heterocycles. The molecule has 1 heterocycles. The molecule has 0 aromatic heterocycles. The molecule has 3 aliphatic rings. The Bertz CT molecular complexity index is 237. The summed E-state index contributed by atoms with van der Waals surface area (Å²) in [5, 5.41) is 3.69. The molecule has 0 aromatic carbocycles. The zero-order valence-electron chi connectivity index (χ0n) is 10.6. The first-order chi connectivity index (χ1) is 7.84. The molecule has 3 rings (SSSR count). The van der Waals surface area contributed by atoms with Crippen molar-refractivity contribution in [2.75, 3.05) is 13.1 Å². The SMILES string of the molecule is CC(CNC1CC1)N1CCCC2CCCC21. The highest BCUT2D eigenvalue weighted by Gasteiger charge is 2.37. The molecule has 1 saturated heterocycles. The second-order valence-electron chi connectivity index (χ2n) is 6.17. The Morgan fingerprint density at radius 1 is 1.12 bits per heavy atom. The molecular formula is C14H26N2. The summed E-state index contributed by atoms with van der Waals surface area (Å²) in [6, 6.07) is 2.56. The van der Waals surface area contributed by atoms with E-state index in [1.807, 2.05) is 0 Å². The molecular weight excluding hydrogens is 196 g/mol. The third kappa shape index (κ3) is 2.28. The van der Waals surface area contributed by atoms with Crippen LogP contribution in [0, 0.1) is 5.92 Å². The van der Waals surface area contributed by atoms with Crippen LogP contribution in [0.15, 0.2) is 0 Å². The van der Waals surface area contributed by atoms with Crippen LogP contribution in [-0.4, -0.2) is 36.1 Å². The lowest BCUT2D eigenvalue weighted by Crippen LogP contribution is -2.50. The van der Waals surface area contributed by atoms with Gasteiger partial charge in [-0.1, -0.05) is 6.42 Å². The van der Waals surface area contributed by atoms with E-state index in [0.29, 0.717) is 0 Å². The van der Waals surface area contributed by atoms with Crippen LogP contribution in [0.25, 0.3) is 0 Å². The summed E-state index contributed by atoms with van der Waals surface area (Å²) in [6.45, 7) is 5.00. The molecule has 1 N–H and O–H groups in total. The topological polar surface area (TPSA) is 15.3 Å². The molecule has 3 unspecified atom stereocenters. The van der Waals surface area contributed by atoms with Crippen molar-refractivity contribution in [3.8, 4) is 0 Å². The molecule has 3 fully saturated rings. The maximum atomic E-state index is 3.69. The molecule has 0 aromatic rings. The van der Waals surface area contributed by atoms with Crippen LogP contribution >= 0.6 is 0 Å². The molecule has 2 heteroatoms. The molecule has 0 bridgehead atoms. The second kappa shape index (κ2) is 4.66. The average Bonchev–Trinajstić information content (AvgIpc) is 3.01. The Labute approximate surface area is 99.8 Å². The highest BCUT2D eigenvalue weighted by Crippen LogP contribution is 2.37. The van der Waals surface area contributed by atoms with Crippen LogP contribution < -0.4 is 5.32 Å². The number of rotatable bonds is 4. The van der Waals surface area contributed by atoms with E-state index in [1.54, 1.807) is 0 Å². The first-order valence-corrected chi connectivity index (χ1v) is 7.34. The van der Waals surface area contributed by atoms with Gasteiger partial charge in [-0.3, -0.25) is 4.90 Å². The quantitative estimate of drug-likeness (QED) is 0.786. The standard InChI is InChI=1S/C14H26N2/c1-11(10-15-13-7-8-13)16-9-3-5-12-4-2-6-14(12)16/h11-15H,2-10H2,1H3. The fourth-order valence-corrected chi connectivity index (χ4v) is 3.78. The minimum atomic E-state index is 0.756. The number of likely N-dealkylation sites (tertiary alicyclic amines) is 1. The van der Waals surface area contributed by atoms with Gasteiger partial charge in [-0.25, -0.2) is 0 Å². The summed E-state index contributed by atoms with van der Waals surface area (Å²) >= 11 is 0. The molecule has 2 saturated carbocycles. The van der Waals surface area contributed by atoms with Crippen LogP contribution in [0.4, 0.5) is 0 Å². The predicted octanol–water partition coefficient (Wildman–Crippen LogP) is 2.39. The second-order valence-corrected chi connectivity index (χ2v) is 6.17. The first-order valence-electron chi connectivity index (χ1n) is 7.34. The largest absolute Gasteiger partial charge is 0.312 e. The first kappa shape index (κ1) is 11.0. The average molecular weight is 222 g/mol. The molecule has 2 nitrogen and oxygen atoms in total. The van der Waals surface area contributed by atoms with E-state index in [-0.39, 0.29) is 0 Å². The molecule has 16 heavy (non-hydrogen) atoms. The van der Waals surface area contributed by atoms with Gasteiger partial charge in [-0.05, 0) is 57.9 Å². The molecule has 0 radical (unpaired) electrons. The van der Waals surface area contributed by atoms with Crippen molar-refractivity contribution in [3.63, 3.8) is 0 Å². The molecule has 3 atom stereocenters. The van der Waals surface area contributed by atoms with Crippen LogP contribution in [0.1, 0.15) is 51.9 Å². The van der Waals surface area contributed by atoms with Gasteiger partial charge in [0.2, 0.25) is 0 Å². The summed E-state index contributed by atoms with van der Waals surface area (Å²) in [5.74, 6) is 1.04. The van der Waals surface area contributed by atoms with Crippen molar-refractivity contribution < 1.29 is 0 Å². The summed E-state index contributed by atoms with van der Waals surface area (Å²) < 4.78 is 0. The van der Waals surface area contributed by atoms with Crippen molar-refractivity contribution in [1.82, 2.24) is 10.2 Å². The van der Waals surface area contributed by atoms with Crippen molar-refractivity contribution in [2.24, 2.45) is 5.92 Å². The number of piperidine rings is 1. The Morgan fingerprint density at radius 2 is 1.94 bits per heavy atom. The summed E-state index contributed by atoms with van der Waals surface area (Å²) in [5.41, 5.74) is 0. The predicted molar refractivity (Wildman–Crippen MR) is 67.6 cm³/mol. The molecule has 92 valence electrons. The monoisotopic (exact) mass is 222 g/mol. The number of fused-ring (bicyclic) bond motifs is 1. The van der Waals surface area contributed by atoms with Crippen molar-refractivity contribution in [2.45, 2.75) is 70.0 Å². The summed E-state index contributed by atoms with van der Waals surface area (Å²) in [7, 11) is 0. The van der Waals surface area contributed by atoms with Gasteiger partial charge < -0.3 is 5.32 Å². The van der Waals surface area contributed by atoms with Gasteiger partial charge >= 0.3 is 0 Å². The van der Waals surface area contributed by atoms with E-state index in [0.717, 1.165) is 24.0 Å². The number of nitrogens with one attached hydrogen (secondary N) is 1. The van der Waals surface area contributed by atoms with Gasteiger partial charge in [-0.15, -0.1) is 0 Å². The van der Waals surface area contributed by atoms with E-state index >= 15 is 0 Å². The fourth-order valence-electron chi connectivity index (χ4n) is 3.78. The molecule has 2 aliphatic carbocycles. The molecule has 0 spiro atoms. The van der Waals surface area contributed by atoms with Crippen molar-refractivity contribution in [1.29, 1.82) is 0 Å². The van der Waals surface area contributed by atoms with Gasteiger partial charge in [0.15, 0.2) is 0 Å². The van der Waals surface area contributed by atoms with E-state index in [4.69, 9.17) is 0 Å². The zero-order chi connectivity index (χ0) is 11.0. The third-order valence-electron chi connectivity index (χ3n) is 4.88. The van der Waals surface area contributed by atoms with Crippen LogP contribution in [0.5, 0.6) is 0 Å². The van der Waals surface area contributed by atoms with Crippen LogP contribution in [0.2, 0.25) is 0 Å². The Hall–Kier alpha value is -0.0800. The van der Waals surface area contributed by atoms with E-state index in [1.165, 1.54) is 58.0 Å². The van der Waals surface area contributed by atoms with Gasteiger partial charge in [0, 0.05) is 24.7 Å². The van der Waals surface area contributed by atoms with Gasteiger partial charge in [0.05, 0.1) is 0 Å². The van der Waals surface area contributed by atoms with Gasteiger partial charge in [0.25, 0.3) is 0 Å². The van der Waals surface area contributed by atoms with Crippen molar-refractivity contribution >= 4 is 0 Å². The fraction of sp³-hybridized carbons (Fsp3) is 1.00. The number of nitrogens with zero attached hydrogens (tertiary/aromatic N) is 1. The number of hydrogen-bond donors (Lipinski definition) is 1. The number of hydrogen-bond acceptors (Lipinski definition) is 2. The Kier molecular flexibility index (Phi) is 3.21. The highest BCUT2D eigenvalue weighted by molar-refractivity contribution is 4.92. The normalized spacial score (nSPS) is 37.3. The van der Waals surface area contributed by atoms with Crippen molar-refractivity contribution in [3.05, 3.63) is 0 Å². The Morgan fingerprint density at radius 3 is 2.75 bits per heavy atom. The van der Waals surface area contributed by atoms with Gasteiger partial charge in [-0.2, -0.15) is 0 Å². The lowest BCUT2D eigenvalue weighted by atomic mass is 9.91. The maximum Gasteiger partial charge on any atom is 0.0195 e.